The van der Waals surface area contributed by atoms with Crippen LogP contribution in [-0.4, -0.2) is 24.7 Å². The molecular formula is C56H112F12. The van der Waals surface area contributed by atoms with E-state index in [0.29, 0.717) is 16.2 Å². The minimum atomic E-state index is -4.13. The minimum Gasteiger partial charge on any atom is -0.171 e. The SMILES string of the molecule is CC(C)(C)C(C)(C)C(F)(F)F.CC(C)C(C)(C)C(C)(C)C.CC(C)C(C)(C)C(C)C(F)(F)F.CC(C)[C@@H](C)C(C)(C)C.C[C@H](C(C)(C)C)C(C)(C)C(F)(F)F.C[C@H](C(C)(C)C)C(C)(C)C(F)(F)F. The summed E-state index contributed by atoms with van der Waals surface area (Å²) >= 11 is 0. The molecule has 0 aliphatic rings. The van der Waals surface area contributed by atoms with Crippen LogP contribution in [0.5, 0.6) is 0 Å². The lowest BCUT2D eigenvalue weighted by Crippen LogP contribution is -2.43. The molecule has 0 N–H and O–H groups in total. The first-order chi connectivity index (χ1) is 28.5. The summed E-state index contributed by atoms with van der Waals surface area (Å²) in [6.07, 6.45) is -16.4. The largest absolute Gasteiger partial charge is 0.394 e. The van der Waals surface area contributed by atoms with Crippen molar-refractivity contribution in [1.82, 2.24) is 0 Å². The Hall–Kier alpha value is -0.840. The molecule has 420 valence electrons. The fourth-order valence-corrected chi connectivity index (χ4v) is 5.87. The van der Waals surface area contributed by atoms with Gasteiger partial charge in [-0.2, -0.15) is 52.7 Å². The second-order valence-electron chi connectivity index (χ2n) is 28.8. The molecule has 0 aromatic rings. The Balaban J connectivity index is -0.000000170. The summed E-state index contributed by atoms with van der Waals surface area (Å²) in [5.41, 5.74) is -5.60. The van der Waals surface area contributed by atoms with Crippen molar-refractivity contribution in [3.05, 3.63) is 0 Å². The zero-order valence-corrected chi connectivity index (χ0v) is 50.6. The zero-order valence-electron chi connectivity index (χ0n) is 50.6. The first kappa shape index (κ1) is 78.6. The van der Waals surface area contributed by atoms with Gasteiger partial charge in [0.1, 0.15) is 0 Å². The highest BCUT2D eigenvalue weighted by molar-refractivity contribution is 4.91. The summed E-state index contributed by atoms with van der Waals surface area (Å²) in [4.78, 5) is 0. The second-order valence-corrected chi connectivity index (χ2v) is 28.8. The van der Waals surface area contributed by atoms with E-state index >= 15 is 0 Å². The van der Waals surface area contributed by atoms with Gasteiger partial charge in [-0.05, 0) is 73.4 Å². The van der Waals surface area contributed by atoms with E-state index in [-0.39, 0.29) is 16.7 Å². The molecule has 0 aliphatic heterocycles. The van der Waals surface area contributed by atoms with E-state index in [0.717, 1.165) is 17.8 Å². The van der Waals surface area contributed by atoms with E-state index in [9.17, 15) is 52.7 Å². The smallest absolute Gasteiger partial charge is 0.171 e. The van der Waals surface area contributed by atoms with Crippen LogP contribution in [-0.2, 0) is 0 Å². The molecule has 0 aromatic heterocycles. The molecule has 4 atom stereocenters. The van der Waals surface area contributed by atoms with Gasteiger partial charge < -0.3 is 0 Å². The standard InChI is InChI=1S/2C10H19F3.C10H22.C9H17F3.C9H20.C8H15F3/c2*1-7(8(2,3)4)9(5,6)10(11,12)13;1-8(2)10(6,7)9(3,4)5;1-6(2)8(4,5)7(3)9(10,11)12;1-7(2)8(3)9(4,5)6;1-6(2,3)7(4,5)8(9,10)11/h2*7H,1-6H3;8H,1-7H3;6-7H,1-5H3;7-8H,1-6H3;1-5H3/t2*7-;;;8-;/m11..1./s1. The van der Waals surface area contributed by atoms with Crippen LogP contribution in [0, 0.1) is 95.6 Å². The van der Waals surface area contributed by atoms with Gasteiger partial charge in [0.25, 0.3) is 0 Å². The predicted octanol–water partition coefficient (Wildman–Crippen LogP) is 23.0. The molecule has 0 saturated carbocycles. The van der Waals surface area contributed by atoms with E-state index in [1.165, 1.54) is 48.5 Å². The average molecular weight is 1010 g/mol. The summed E-state index contributed by atoms with van der Waals surface area (Å²) < 4.78 is 150. The molecule has 1 unspecified atom stereocenters. The summed E-state index contributed by atoms with van der Waals surface area (Å²) in [6.45, 7) is 64.9. The van der Waals surface area contributed by atoms with Crippen molar-refractivity contribution < 1.29 is 52.7 Å². The molecule has 0 fully saturated rings. The van der Waals surface area contributed by atoms with E-state index in [2.05, 4.69) is 90.0 Å². The maximum Gasteiger partial charge on any atom is 0.394 e. The minimum absolute atomic E-state index is 0.0362. The molecule has 0 nitrogen and oxygen atoms in total. The fourth-order valence-electron chi connectivity index (χ4n) is 5.87. The lowest BCUT2D eigenvalue weighted by Gasteiger charge is -2.42. The number of hydrogen-bond donors (Lipinski definition) is 0. The number of alkyl halides is 12. The Kier molecular flexibility index (Phi) is 29.9. The summed E-state index contributed by atoms with van der Waals surface area (Å²) in [5.74, 6) is 0.370. The monoisotopic (exact) mass is 1010 g/mol. The van der Waals surface area contributed by atoms with Crippen LogP contribution in [0.3, 0.4) is 0 Å². The molecule has 0 heterocycles. The van der Waals surface area contributed by atoms with Crippen LogP contribution in [0.1, 0.15) is 242 Å². The van der Waals surface area contributed by atoms with Gasteiger partial charge in [-0.3, -0.25) is 0 Å². The first-order valence-corrected chi connectivity index (χ1v) is 24.7. The number of hydrogen-bond acceptors (Lipinski definition) is 0. The molecule has 0 aliphatic carbocycles. The molecular weight excluding hydrogens is 901 g/mol. The van der Waals surface area contributed by atoms with E-state index in [4.69, 9.17) is 0 Å². The molecule has 68 heavy (non-hydrogen) atoms. The first-order valence-electron chi connectivity index (χ1n) is 24.7. The van der Waals surface area contributed by atoms with Gasteiger partial charge in [-0.25, -0.2) is 0 Å². The maximum absolute atomic E-state index is 12.6. The van der Waals surface area contributed by atoms with Gasteiger partial charge in [0, 0.05) is 0 Å². The zero-order chi connectivity index (χ0) is 58.0. The average Bonchev–Trinajstić information content (AvgIpc) is 3.03. The van der Waals surface area contributed by atoms with Crippen molar-refractivity contribution in [2.75, 3.05) is 0 Å². The highest BCUT2D eigenvalue weighted by Crippen LogP contribution is 2.52. The Morgan fingerprint density at radius 3 is 0.544 bits per heavy atom. The third-order valence-corrected chi connectivity index (χ3v) is 17.6. The Morgan fingerprint density at radius 2 is 0.515 bits per heavy atom. The van der Waals surface area contributed by atoms with Crippen molar-refractivity contribution in [3.8, 4) is 0 Å². The normalized spacial score (nSPS) is 16.3. The summed E-state index contributed by atoms with van der Waals surface area (Å²) in [6, 6.07) is 0. The molecule has 0 spiro atoms. The topological polar surface area (TPSA) is 0 Å². The maximum atomic E-state index is 12.6. The van der Waals surface area contributed by atoms with Crippen LogP contribution in [0.2, 0.25) is 0 Å². The molecule has 0 rings (SSSR count). The van der Waals surface area contributed by atoms with Crippen LogP contribution in [0.4, 0.5) is 52.7 Å². The van der Waals surface area contributed by atoms with Crippen molar-refractivity contribution in [2.24, 2.45) is 95.6 Å². The van der Waals surface area contributed by atoms with E-state index < -0.39 is 69.5 Å². The van der Waals surface area contributed by atoms with Crippen LogP contribution < -0.4 is 0 Å². The Bertz CT molecular complexity index is 1290. The summed E-state index contributed by atoms with van der Waals surface area (Å²) in [5, 5.41) is 0. The van der Waals surface area contributed by atoms with Gasteiger partial charge >= 0.3 is 24.7 Å². The van der Waals surface area contributed by atoms with Crippen LogP contribution in [0.15, 0.2) is 0 Å². The molecule has 0 radical (unpaired) electrons. The molecule has 0 aromatic carbocycles. The van der Waals surface area contributed by atoms with Gasteiger partial charge in [-0.1, -0.05) is 242 Å². The highest BCUT2D eigenvalue weighted by atomic mass is 19.4. The fraction of sp³-hybridized carbons (Fsp3) is 1.00. The van der Waals surface area contributed by atoms with E-state index in [1.54, 1.807) is 48.5 Å². The Labute approximate surface area is 414 Å². The summed E-state index contributed by atoms with van der Waals surface area (Å²) in [7, 11) is 0. The van der Waals surface area contributed by atoms with Gasteiger partial charge in [-0.15, -0.1) is 0 Å². The van der Waals surface area contributed by atoms with Crippen LogP contribution >= 0.6 is 0 Å². The number of rotatable bonds is 6. The van der Waals surface area contributed by atoms with Crippen molar-refractivity contribution in [3.63, 3.8) is 0 Å². The predicted molar refractivity (Wildman–Crippen MR) is 272 cm³/mol. The van der Waals surface area contributed by atoms with Gasteiger partial charge in [0.15, 0.2) is 0 Å². The molecule has 0 amide bonds. The van der Waals surface area contributed by atoms with Crippen LogP contribution in [0.25, 0.3) is 0 Å². The highest BCUT2D eigenvalue weighted by Gasteiger charge is 2.55. The second kappa shape index (κ2) is 25.9. The molecule has 12 heteroatoms. The molecule has 0 bridgehead atoms. The van der Waals surface area contributed by atoms with Crippen molar-refractivity contribution in [1.29, 1.82) is 0 Å². The van der Waals surface area contributed by atoms with E-state index in [1.807, 2.05) is 55.4 Å². The molecule has 0 saturated heterocycles. The number of halogens is 12. The Morgan fingerprint density at radius 1 is 0.265 bits per heavy atom. The third-order valence-electron chi connectivity index (χ3n) is 17.6. The lowest BCUT2D eigenvalue weighted by molar-refractivity contribution is -0.243. The van der Waals surface area contributed by atoms with Crippen molar-refractivity contribution >= 4 is 0 Å². The quantitative estimate of drug-likeness (QED) is 0.233. The van der Waals surface area contributed by atoms with Gasteiger partial charge in [0.05, 0.1) is 22.2 Å². The lowest BCUT2D eigenvalue weighted by atomic mass is 9.63. The third kappa shape index (κ3) is 25.7. The van der Waals surface area contributed by atoms with Gasteiger partial charge in [0.2, 0.25) is 0 Å². The van der Waals surface area contributed by atoms with Crippen molar-refractivity contribution in [2.45, 2.75) is 267 Å².